The Morgan fingerprint density at radius 2 is 2.08 bits per heavy atom. The molecule has 0 aromatic carbocycles. The summed E-state index contributed by atoms with van der Waals surface area (Å²) in [7, 11) is -2.48. The zero-order chi connectivity index (χ0) is 19.0. The van der Waals surface area contributed by atoms with E-state index in [2.05, 4.69) is 9.35 Å². The zero-order valence-corrected chi connectivity index (χ0v) is 17.0. The van der Waals surface area contributed by atoms with Crippen LogP contribution in [0.4, 0.5) is 0 Å². The number of ether oxygens (including phenoxy) is 1. The molecule has 0 N–H and O–H groups in total. The number of morpholine rings is 1. The van der Waals surface area contributed by atoms with E-state index in [1.54, 1.807) is 6.20 Å². The van der Waals surface area contributed by atoms with Crippen LogP contribution in [0.15, 0.2) is 15.9 Å². The zero-order valence-electron chi connectivity index (χ0n) is 15.4. The van der Waals surface area contributed by atoms with E-state index in [0.717, 1.165) is 5.01 Å². The number of amides is 2. The first-order chi connectivity index (χ1) is 12.2. The van der Waals surface area contributed by atoms with Crippen molar-refractivity contribution in [1.29, 1.82) is 0 Å². The number of hydrogen-bond donors (Lipinski definition) is 0. The maximum atomic E-state index is 13.1. The molecule has 26 heavy (non-hydrogen) atoms. The van der Waals surface area contributed by atoms with E-state index in [0.29, 0.717) is 44.0 Å². The molecule has 2 aliphatic heterocycles. The van der Waals surface area contributed by atoms with Gasteiger partial charge < -0.3 is 9.64 Å². The molecule has 0 atom stereocenters. The molecule has 1 aromatic heterocycles. The summed E-state index contributed by atoms with van der Waals surface area (Å²) in [6, 6.07) is 0. The largest absolute Gasteiger partial charge is 0.371 e. The van der Waals surface area contributed by atoms with Crippen molar-refractivity contribution in [2.75, 3.05) is 31.2 Å². The average molecular weight is 400 g/mol. The molecule has 2 aliphatic rings. The number of aromatic nitrogens is 1. The van der Waals surface area contributed by atoms with Gasteiger partial charge >= 0.3 is 0 Å². The average Bonchev–Trinajstić information content (AvgIpc) is 3.12. The molecule has 0 aliphatic carbocycles. The van der Waals surface area contributed by atoms with Crippen LogP contribution in [0.5, 0.6) is 0 Å². The highest BCUT2D eigenvalue weighted by atomic mass is 32.2. The maximum absolute atomic E-state index is 13.1. The predicted molar refractivity (Wildman–Crippen MR) is 101 cm³/mol. The number of carbonyl (C=O) groups excluding carboxylic acids is 2. The molecule has 0 unspecified atom stereocenters. The van der Waals surface area contributed by atoms with Gasteiger partial charge in [0.25, 0.3) is 5.91 Å². The van der Waals surface area contributed by atoms with Crippen LogP contribution in [0.1, 0.15) is 38.6 Å². The van der Waals surface area contributed by atoms with Crippen molar-refractivity contribution in [3.8, 4) is 0 Å². The summed E-state index contributed by atoms with van der Waals surface area (Å²) >= 11 is 1.48. The predicted octanol–water partition coefficient (Wildman–Crippen LogP) is 1.83. The molecule has 2 fully saturated rings. The van der Waals surface area contributed by atoms with Crippen molar-refractivity contribution in [3.63, 3.8) is 0 Å². The molecule has 3 heterocycles. The maximum Gasteiger partial charge on any atom is 0.250 e. The van der Waals surface area contributed by atoms with Gasteiger partial charge in [0.1, 0.15) is 5.01 Å². The summed E-state index contributed by atoms with van der Waals surface area (Å²) in [6.45, 7) is 6.62. The van der Waals surface area contributed by atoms with E-state index in [1.807, 2.05) is 24.1 Å². The fourth-order valence-electron chi connectivity index (χ4n) is 3.58. The number of carbonyl (C=O) groups is 2. The first-order valence-electron chi connectivity index (χ1n) is 8.72. The minimum Gasteiger partial charge on any atom is -0.371 e. The first-order valence-corrected chi connectivity index (χ1v) is 11.5. The molecule has 7 nitrogen and oxygen atoms in total. The van der Waals surface area contributed by atoms with Crippen LogP contribution in [0.25, 0.3) is 0 Å². The second kappa shape index (κ2) is 7.01. The molecular weight excluding hydrogens is 374 g/mol. The van der Waals surface area contributed by atoms with Gasteiger partial charge in [-0.15, -0.1) is 11.3 Å². The van der Waals surface area contributed by atoms with Crippen LogP contribution in [0.2, 0.25) is 0 Å². The van der Waals surface area contributed by atoms with Crippen molar-refractivity contribution >= 4 is 32.9 Å². The Bertz CT molecular complexity index is 796. The van der Waals surface area contributed by atoms with E-state index in [1.165, 1.54) is 18.3 Å². The topological polar surface area (TPSA) is 88.9 Å². The third-order valence-corrected chi connectivity index (χ3v) is 8.46. The molecular formula is C17H25N3O4S2. The Morgan fingerprint density at radius 1 is 1.38 bits per heavy atom. The molecule has 0 radical (unpaired) electrons. The van der Waals surface area contributed by atoms with E-state index in [-0.39, 0.29) is 5.91 Å². The quantitative estimate of drug-likeness (QED) is 0.757. The third-order valence-electron chi connectivity index (χ3n) is 5.09. The third kappa shape index (κ3) is 3.84. The van der Waals surface area contributed by atoms with Crippen molar-refractivity contribution < 1.29 is 18.5 Å². The fraction of sp³-hybridized carbons (Fsp3) is 0.706. The highest BCUT2D eigenvalue weighted by molar-refractivity contribution is 7.93. The Morgan fingerprint density at radius 3 is 2.65 bits per heavy atom. The summed E-state index contributed by atoms with van der Waals surface area (Å²) in [4.78, 5) is 30.5. The lowest BCUT2D eigenvalue weighted by Gasteiger charge is -2.46. The Kier molecular flexibility index (Phi) is 5.24. The van der Waals surface area contributed by atoms with E-state index < -0.39 is 26.7 Å². The van der Waals surface area contributed by atoms with Gasteiger partial charge in [-0.05, 0) is 26.7 Å². The number of hydrogen-bond acceptors (Lipinski definition) is 6. The lowest BCUT2D eigenvalue weighted by molar-refractivity contribution is -0.156. The summed E-state index contributed by atoms with van der Waals surface area (Å²) in [6.07, 6.45) is 2.81. The molecule has 0 saturated carbocycles. The van der Waals surface area contributed by atoms with Crippen molar-refractivity contribution in [2.24, 2.45) is 4.36 Å². The van der Waals surface area contributed by atoms with Gasteiger partial charge in [-0.3, -0.25) is 9.59 Å². The Labute approximate surface area is 158 Å². The molecule has 3 rings (SSSR count). The van der Waals surface area contributed by atoms with E-state index in [4.69, 9.17) is 4.74 Å². The van der Waals surface area contributed by atoms with E-state index in [9.17, 15) is 13.8 Å². The molecule has 1 aromatic rings. The van der Waals surface area contributed by atoms with Gasteiger partial charge in [-0.1, -0.05) is 0 Å². The minimum atomic E-state index is -2.48. The fourth-order valence-corrected chi connectivity index (χ4v) is 6.57. The standard InChI is InChI=1S/C17H25N3O4S2/c1-13(21)19-26(23)10-4-17(5-11-26)12-20(7-8-24-17)15(22)16(2,3)14-18-6-9-25-14/h6,9H,4-5,7-8,10-12H2,1-3H3. The molecule has 9 heteroatoms. The molecule has 2 saturated heterocycles. The molecule has 1 spiro atoms. The van der Waals surface area contributed by atoms with Crippen LogP contribution in [0.3, 0.4) is 0 Å². The second-order valence-corrected chi connectivity index (χ2v) is 11.0. The highest BCUT2D eigenvalue weighted by Gasteiger charge is 2.45. The van der Waals surface area contributed by atoms with Crippen LogP contribution in [-0.2, 0) is 29.5 Å². The summed E-state index contributed by atoms with van der Waals surface area (Å²) in [5.74, 6) is 0.321. The second-order valence-electron chi connectivity index (χ2n) is 7.51. The van der Waals surface area contributed by atoms with Crippen LogP contribution >= 0.6 is 11.3 Å². The van der Waals surface area contributed by atoms with Gasteiger partial charge in [0, 0.05) is 43.1 Å². The van der Waals surface area contributed by atoms with E-state index >= 15 is 0 Å². The normalized spacial score (nSPS) is 29.6. The SMILES string of the molecule is CC(=O)N=S1(=O)CCC2(CC1)CN(C(=O)C(C)(C)c1nccs1)CCO2. The summed E-state index contributed by atoms with van der Waals surface area (Å²) < 4.78 is 22.5. The van der Waals surface area contributed by atoms with Crippen molar-refractivity contribution in [2.45, 2.75) is 44.6 Å². The molecule has 0 bridgehead atoms. The van der Waals surface area contributed by atoms with Crippen LogP contribution < -0.4 is 0 Å². The number of rotatable bonds is 2. The lowest BCUT2D eigenvalue weighted by atomic mass is 9.89. The minimum absolute atomic E-state index is 0.0369. The Balaban J connectivity index is 1.73. The lowest BCUT2D eigenvalue weighted by Crippen LogP contribution is -2.59. The van der Waals surface area contributed by atoms with Gasteiger partial charge in [0.05, 0.1) is 27.4 Å². The summed E-state index contributed by atoms with van der Waals surface area (Å²) in [5, 5.41) is 2.68. The van der Waals surface area contributed by atoms with Gasteiger partial charge in [0.2, 0.25) is 5.91 Å². The summed E-state index contributed by atoms with van der Waals surface area (Å²) in [5.41, 5.74) is -1.17. The smallest absolute Gasteiger partial charge is 0.250 e. The van der Waals surface area contributed by atoms with Crippen LogP contribution in [0, 0.1) is 0 Å². The number of thiazole rings is 1. The van der Waals surface area contributed by atoms with Crippen molar-refractivity contribution in [1.82, 2.24) is 9.88 Å². The van der Waals surface area contributed by atoms with Crippen molar-refractivity contribution in [3.05, 3.63) is 16.6 Å². The molecule has 2 amide bonds. The van der Waals surface area contributed by atoms with Gasteiger partial charge in [0.15, 0.2) is 0 Å². The highest BCUT2D eigenvalue weighted by Crippen LogP contribution is 2.34. The number of nitrogens with zero attached hydrogens (tertiary/aromatic N) is 3. The first kappa shape index (κ1) is 19.4. The monoisotopic (exact) mass is 399 g/mol. The van der Waals surface area contributed by atoms with Gasteiger partial charge in [-0.25, -0.2) is 9.19 Å². The molecule has 144 valence electrons. The van der Waals surface area contributed by atoms with Gasteiger partial charge in [-0.2, -0.15) is 4.36 Å². The van der Waals surface area contributed by atoms with Crippen LogP contribution in [-0.4, -0.2) is 62.7 Å². The Hall–Kier alpha value is -1.32.